The van der Waals surface area contributed by atoms with Gasteiger partial charge in [-0.25, -0.2) is 12.7 Å². The van der Waals surface area contributed by atoms with E-state index < -0.39 is 10.0 Å². The summed E-state index contributed by atoms with van der Waals surface area (Å²) in [6.07, 6.45) is 1.81. The molecule has 0 spiro atoms. The number of hydrogen-bond donors (Lipinski definition) is 2. The Morgan fingerprint density at radius 3 is 2.55 bits per heavy atom. The largest absolute Gasteiger partial charge is 0.490 e. The third-order valence-corrected chi connectivity index (χ3v) is 6.44. The molecule has 0 radical (unpaired) electrons. The van der Waals surface area contributed by atoms with E-state index in [4.69, 9.17) is 4.74 Å². The maximum absolute atomic E-state index is 11.8. The van der Waals surface area contributed by atoms with Crippen molar-refractivity contribution in [2.45, 2.75) is 53.2 Å². The van der Waals surface area contributed by atoms with Crippen molar-refractivity contribution in [1.82, 2.24) is 14.9 Å². The van der Waals surface area contributed by atoms with Gasteiger partial charge in [0, 0.05) is 39.3 Å². The average Bonchev–Trinajstić information content (AvgIpc) is 2.68. The van der Waals surface area contributed by atoms with Gasteiger partial charge < -0.3 is 15.4 Å². The van der Waals surface area contributed by atoms with E-state index in [1.54, 1.807) is 21.0 Å². The molecule has 0 amide bonds. The van der Waals surface area contributed by atoms with Crippen LogP contribution < -0.4 is 15.4 Å². The first-order valence-electron chi connectivity index (χ1n) is 9.88. The Morgan fingerprint density at radius 1 is 1.28 bits per heavy atom. The van der Waals surface area contributed by atoms with Crippen molar-refractivity contribution in [3.63, 3.8) is 0 Å². The number of guanidine groups is 1. The highest BCUT2D eigenvalue weighted by Crippen LogP contribution is 2.22. The SMILES string of the molecule is CCC(C)Oc1cc(C)ccc1CNC(=NC)NCCCN(C)S(=O)(=O)CC.I. The van der Waals surface area contributed by atoms with Crippen LogP contribution in [0.3, 0.4) is 0 Å². The Kier molecular flexibility index (Phi) is 13.5. The zero-order valence-electron chi connectivity index (χ0n) is 18.5. The molecule has 0 aliphatic carbocycles. The molecule has 0 saturated heterocycles. The van der Waals surface area contributed by atoms with Crippen molar-refractivity contribution in [2.75, 3.05) is 32.9 Å². The van der Waals surface area contributed by atoms with Crippen LogP contribution >= 0.6 is 24.0 Å². The van der Waals surface area contributed by atoms with E-state index in [9.17, 15) is 8.42 Å². The van der Waals surface area contributed by atoms with Crippen LogP contribution in [0.1, 0.15) is 44.7 Å². The molecule has 1 unspecified atom stereocenters. The van der Waals surface area contributed by atoms with E-state index in [0.717, 1.165) is 23.3 Å². The van der Waals surface area contributed by atoms with Gasteiger partial charge in [0.05, 0.1) is 11.9 Å². The summed E-state index contributed by atoms with van der Waals surface area (Å²) in [7, 11) is 0.205. The molecule has 1 aromatic rings. The van der Waals surface area contributed by atoms with Crippen LogP contribution in [0.5, 0.6) is 5.75 Å². The first kappa shape index (κ1) is 27.9. The van der Waals surface area contributed by atoms with E-state index in [1.807, 2.05) is 0 Å². The summed E-state index contributed by atoms with van der Waals surface area (Å²) in [6.45, 7) is 9.58. The number of halogens is 1. The van der Waals surface area contributed by atoms with Gasteiger partial charge >= 0.3 is 0 Å². The first-order valence-corrected chi connectivity index (χ1v) is 11.5. The molecule has 7 nitrogen and oxygen atoms in total. The molecule has 0 heterocycles. The molecule has 1 rings (SSSR count). The lowest BCUT2D eigenvalue weighted by Gasteiger charge is -2.19. The number of aliphatic imine (C=N–C) groups is 1. The fourth-order valence-corrected chi connectivity index (χ4v) is 3.33. The predicted molar refractivity (Wildman–Crippen MR) is 132 cm³/mol. The van der Waals surface area contributed by atoms with Crippen LogP contribution in [-0.2, 0) is 16.6 Å². The zero-order chi connectivity index (χ0) is 21.2. The molecule has 2 N–H and O–H groups in total. The van der Waals surface area contributed by atoms with Gasteiger partial charge in [-0.3, -0.25) is 4.99 Å². The molecular formula is C20H37IN4O3S. The zero-order valence-corrected chi connectivity index (χ0v) is 21.6. The van der Waals surface area contributed by atoms with E-state index in [-0.39, 0.29) is 35.8 Å². The minimum atomic E-state index is -3.13. The molecule has 0 aliphatic heterocycles. The lowest BCUT2D eigenvalue weighted by atomic mass is 10.1. The molecular weight excluding hydrogens is 503 g/mol. The number of rotatable bonds is 11. The van der Waals surface area contributed by atoms with E-state index in [2.05, 4.69) is 54.6 Å². The number of sulfonamides is 1. The molecule has 29 heavy (non-hydrogen) atoms. The van der Waals surface area contributed by atoms with Gasteiger partial charge in [-0.2, -0.15) is 0 Å². The second kappa shape index (κ2) is 14.0. The second-order valence-electron chi connectivity index (χ2n) is 6.88. The van der Waals surface area contributed by atoms with Gasteiger partial charge in [-0.05, 0) is 45.2 Å². The molecule has 0 bridgehead atoms. The van der Waals surface area contributed by atoms with Gasteiger partial charge in [0.25, 0.3) is 0 Å². The lowest BCUT2D eigenvalue weighted by molar-refractivity contribution is 0.215. The number of hydrogen-bond acceptors (Lipinski definition) is 4. The number of nitrogens with zero attached hydrogens (tertiary/aromatic N) is 2. The highest BCUT2D eigenvalue weighted by atomic mass is 127. The summed E-state index contributed by atoms with van der Waals surface area (Å²) in [6, 6.07) is 6.20. The van der Waals surface area contributed by atoms with Crippen molar-refractivity contribution in [3.05, 3.63) is 29.3 Å². The summed E-state index contributed by atoms with van der Waals surface area (Å²) in [5.74, 6) is 1.69. The van der Waals surface area contributed by atoms with Crippen molar-refractivity contribution in [3.8, 4) is 5.75 Å². The molecule has 9 heteroatoms. The summed E-state index contributed by atoms with van der Waals surface area (Å²) < 4.78 is 31.0. The topological polar surface area (TPSA) is 83.0 Å². The van der Waals surface area contributed by atoms with E-state index in [1.165, 1.54) is 4.31 Å². The van der Waals surface area contributed by atoms with Crippen LogP contribution in [-0.4, -0.2) is 57.7 Å². The van der Waals surface area contributed by atoms with Gasteiger partial charge in [-0.1, -0.05) is 19.1 Å². The maximum atomic E-state index is 11.8. The van der Waals surface area contributed by atoms with E-state index in [0.29, 0.717) is 32.0 Å². The summed E-state index contributed by atoms with van der Waals surface area (Å²) >= 11 is 0. The Morgan fingerprint density at radius 2 is 1.97 bits per heavy atom. The number of aryl methyl sites for hydroxylation is 1. The van der Waals surface area contributed by atoms with Crippen LogP contribution in [0.25, 0.3) is 0 Å². The molecule has 1 atom stereocenters. The van der Waals surface area contributed by atoms with Crippen LogP contribution in [0.2, 0.25) is 0 Å². The Labute approximate surface area is 193 Å². The monoisotopic (exact) mass is 540 g/mol. The Balaban J connectivity index is 0.00000784. The van der Waals surface area contributed by atoms with Crippen LogP contribution in [0.15, 0.2) is 23.2 Å². The van der Waals surface area contributed by atoms with Crippen LogP contribution in [0, 0.1) is 6.92 Å². The summed E-state index contributed by atoms with van der Waals surface area (Å²) in [4.78, 5) is 4.23. The first-order chi connectivity index (χ1) is 13.2. The van der Waals surface area contributed by atoms with E-state index >= 15 is 0 Å². The lowest BCUT2D eigenvalue weighted by Crippen LogP contribution is -2.38. The fourth-order valence-electron chi connectivity index (χ4n) is 2.49. The number of ether oxygens (including phenoxy) is 1. The highest BCUT2D eigenvalue weighted by Gasteiger charge is 2.14. The van der Waals surface area contributed by atoms with Crippen LogP contribution in [0.4, 0.5) is 0 Å². The van der Waals surface area contributed by atoms with Crippen molar-refractivity contribution >= 4 is 40.0 Å². The molecule has 168 valence electrons. The standard InChI is InChI=1S/C20H36N4O3S.HI/c1-7-17(4)27-19-14-16(3)10-11-18(19)15-23-20(21-5)22-12-9-13-24(6)28(25,26)8-2;/h10-11,14,17H,7-9,12-13,15H2,1-6H3,(H2,21,22,23);1H. The second-order valence-corrected chi connectivity index (χ2v) is 9.24. The summed E-state index contributed by atoms with van der Waals surface area (Å²) in [5.41, 5.74) is 2.23. The fraction of sp³-hybridized carbons (Fsp3) is 0.650. The molecule has 0 fully saturated rings. The normalized spacial score (nSPS) is 13.0. The minimum absolute atomic E-state index is 0. The third-order valence-electron chi connectivity index (χ3n) is 4.58. The van der Waals surface area contributed by atoms with Gasteiger partial charge in [0.2, 0.25) is 10.0 Å². The molecule has 0 saturated carbocycles. The van der Waals surface area contributed by atoms with Gasteiger partial charge in [0.15, 0.2) is 5.96 Å². The quantitative estimate of drug-likeness (QED) is 0.195. The van der Waals surface area contributed by atoms with Gasteiger partial charge in [-0.15, -0.1) is 24.0 Å². The molecule has 1 aromatic carbocycles. The maximum Gasteiger partial charge on any atom is 0.213 e. The third kappa shape index (κ3) is 9.99. The average molecular weight is 541 g/mol. The number of benzene rings is 1. The van der Waals surface area contributed by atoms with Crippen molar-refractivity contribution in [1.29, 1.82) is 0 Å². The molecule has 0 aromatic heterocycles. The summed E-state index contributed by atoms with van der Waals surface area (Å²) in [5, 5.41) is 6.52. The van der Waals surface area contributed by atoms with Crippen molar-refractivity contribution < 1.29 is 13.2 Å². The minimum Gasteiger partial charge on any atom is -0.490 e. The highest BCUT2D eigenvalue weighted by molar-refractivity contribution is 14.0. The Bertz CT molecular complexity index is 741. The predicted octanol–water partition coefficient (Wildman–Crippen LogP) is 3.13. The van der Waals surface area contributed by atoms with Gasteiger partial charge in [0.1, 0.15) is 5.75 Å². The number of nitrogens with one attached hydrogen (secondary N) is 2. The van der Waals surface area contributed by atoms with Crippen molar-refractivity contribution in [2.24, 2.45) is 4.99 Å². The Hall–Kier alpha value is -1.07. The smallest absolute Gasteiger partial charge is 0.213 e. The molecule has 0 aliphatic rings.